The quantitative estimate of drug-likeness (QED) is 0.255. The third-order valence-corrected chi connectivity index (χ3v) is 5.99. The molecular formula is C28H19NO4. The molecule has 33 heavy (non-hydrogen) atoms. The van der Waals surface area contributed by atoms with Crippen LogP contribution in [-0.4, -0.2) is 4.98 Å². The molecule has 6 rings (SSSR count). The molecule has 0 radical (unpaired) electrons. The SMILES string of the molecule is Cc1ccc(Oc2cc3oc4cc(C)ccc4[nH]c3c3c(=O)c4ccccc4c(=O)c23)cc1. The van der Waals surface area contributed by atoms with Gasteiger partial charge in [0, 0.05) is 16.8 Å². The molecule has 0 aliphatic heterocycles. The Kier molecular flexibility index (Phi) is 4.14. The highest BCUT2D eigenvalue weighted by molar-refractivity contribution is 6.12. The minimum atomic E-state index is -0.249. The summed E-state index contributed by atoms with van der Waals surface area (Å²) in [5.41, 5.74) is 3.96. The maximum absolute atomic E-state index is 13.6. The summed E-state index contributed by atoms with van der Waals surface area (Å²) >= 11 is 0. The van der Waals surface area contributed by atoms with Crippen molar-refractivity contribution in [2.75, 3.05) is 0 Å². The average Bonchev–Trinajstić information content (AvgIpc) is 2.82. The van der Waals surface area contributed by atoms with Crippen LogP contribution in [0.1, 0.15) is 11.1 Å². The van der Waals surface area contributed by atoms with Crippen LogP contribution in [0.5, 0.6) is 11.5 Å². The number of ether oxygens (including phenoxy) is 1. The van der Waals surface area contributed by atoms with E-state index in [9.17, 15) is 9.59 Å². The molecule has 5 aromatic carbocycles. The largest absolute Gasteiger partial charge is 0.456 e. The van der Waals surface area contributed by atoms with Crippen molar-refractivity contribution in [3.05, 3.63) is 104 Å². The van der Waals surface area contributed by atoms with E-state index >= 15 is 0 Å². The van der Waals surface area contributed by atoms with Crippen LogP contribution in [0.25, 0.3) is 43.7 Å². The zero-order chi connectivity index (χ0) is 22.7. The Bertz CT molecular complexity index is 1840. The van der Waals surface area contributed by atoms with Crippen LogP contribution in [0.3, 0.4) is 0 Å². The van der Waals surface area contributed by atoms with E-state index in [-0.39, 0.29) is 21.6 Å². The molecule has 1 heterocycles. The molecule has 0 fully saturated rings. The van der Waals surface area contributed by atoms with Crippen LogP contribution in [0, 0.1) is 13.8 Å². The number of fused-ring (bicyclic) bond motifs is 5. The Balaban J connectivity index is 1.80. The maximum atomic E-state index is 13.6. The summed E-state index contributed by atoms with van der Waals surface area (Å²) in [7, 11) is 0. The van der Waals surface area contributed by atoms with E-state index in [2.05, 4.69) is 4.98 Å². The van der Waals surface area contributed by atoms with Crippen LogP contribution in [0.2, 0.25) is 0 Å². The minimum Gasteiger partial charge on any atom is -0.456 e. The second-order valence-corrected chi connectivity index (χ2v) is 8.34. The van der Waals surface area contributed by atoms with E-state index < -0.39 is 0 Å². The van der Waals surface area contributed by atoms with E-state index in [1.165, 1.54) is 0 Å². The normalized spacial score (nSPS) is 11.6. The molecule has 1 N–H and O–H groups in total. The summed E-state index contributed by atoms with van der Waals surface area (Å²) in [4.78, 5) is 30.6. The average molecular weight is 433 g/mol. The highest BCUT2D eigenvalue weighted by atomic mass is 16.5. The first kappa shape index (κ1) is 19.3. The number of H-pyrrole nitrogens is 1. The number of aryl methyl sites for hydroxylation is 2. The smallest absolute Gasteiger partial charge is 0.198 e. The summed E-state index contributed by atoms with van der Waals surface area (Å²) in [5, 5.41) is 1.26. The van der Waals surface area contributed by atoms with Crippen molar-refractivity contribution in [3.63, 3.8) is 0 Å². The van der Waals surface area contributed by atoms with Crippen LogP contribution in [0.4, 0.5) is 0 Å². The summed E-state index contributed by atoms with van der Waals surface area (Å²) in [6, 6.07) is 21.9. The van der Waals surface area contributed by atoms with Crippen molar-refractivity contribution in [1.82, 2.24) is 4.98 Å². The van der Waals surface area contributed by atoms with Gasteiger partial charge < -0.3 is 14.1 Å². The number of aromatic amines is 1. The standard InChI is InChI=1S/C28H19NO4/c1-15-7-10-17(11-8-15)32-22-14-23-26(29-20-12-9-16(2)13-21(20)33-23)25-24(22)27(30)18-5-3-4-6-19(18)28(25)31/h3-14,29H,1-2H3. The zero-order valence-electron chi connectivity index (χ0n) is 18.1. The van der Waals surface area contributed by atoms with Crippen molar-refractivity contribution in [2.45, 2.75) is 13.8 Å². The Morgan fingerprint density at radius 3 is 2.12 bits per heavy atom. The molecule has 0 atom stereocenters. The van der Waals surface area contributed by atoms with Gasteiger partial charge in [0.2, 0.25) is 0 Å². The fourth-order valence-corrected chi connectivity index (χ4v) is 4.32. The molecule has 0 unspecified atom stereocenters. The molecule has 0 aliphatic rings. The van der Waals surface area contributed by atoms with E-state index in [1.54, 1.807) is 30.3 Å². The first-order valence-electron chi connectivity index (χ1n) is 10.7. The van der Waals surface area contributed by atoms with Gasteiger partial charge >= 0.3 is 0 Å². The molecule has 1 aromatic heterocycles. The second-order valence-electron chi connectivity index (χ2n) is 8.34. The summed E-state index contributed by atoms with van der Waals surface area (Å²) in [6.07, 6.45) is 0. The van der Waals surface area contributed by atoms with Crippen LogP contribution < -0.4 is 15.6 Å². The lowest BCUT2D eigenvalue weighted by atomic mass is 10.00. The summed E-state index contributed by atoms with van der Waals surface area (Å²) < 4.78 is 12.3. The lowest BCUT2D eigenvalue weighted by molar-refractivity contribution is 0.487. The topological polar surface area (TPSA) is 72.3 Å². The number of benzene rings is 5. The van der Waals surface area contributed by atoms with E-state index in [1.807, 2.05) is 56.3 Å². The Hall–Kier alpha value is -4.38. The van der Waals surface area contributed by atoms with Crippen molar-refractivity contribution >= 4 is 43.7 Å². The first-order chi connectivity index (χ1) is 16.0. The Labute approximate surface area is 187 Å². The number of hydrogen-bond acceptors (Lipinski definition) is 4. The molecule has 5 nitrogen and oxygen atoms in total. The lowest BCUT2D eigenvalue weighted by Crippen LogP contribution is -2.14. The van der Waals surface area contributed by atoms with Crippen molar-refractivity contribution in [3.8, 4) is 11.5 Å². The first-order valence-corrected chi connectivity index (χ1v) is 10.7. The third kappa shape index (κ3) is 3.01. The van der Waals surface area contributed by atoms with Crippen molar-refractivity contribution in [2.24, 2.45) is 0 Å². The minimum absolute atomic E-state index is 0.238. The predicted octanol–water partition coefficient (Wildman–Crippen LogP) is 6.35. The zero-order valence-corrected chi connectivity index (χ0v) is 18.1. The molecule has 6 aromatic rings. The van der Waals surface area contributed by atoms with Gasteiger partial charge in [-0.1, -0.05) is 48.0 Å². The molecule has 160 valence electrons. The van der Waals surface area contributed by atoms with Gasteiger partial charge in [-0.05, 0) is 43.7 Å². The van der Waals surface area contributed by atoms with Crippen molar-refractivity contribution < 1.29 is 9.15 Å². The molecular weight excluding hydrogens is 414 g/mol. The Morgan fingerprint density at radius 1 is 0.727 bits per heavy atom. The fraction of sp³-hybridized carbons (Fsp3) is 0.0714. The maximum Gasteiger partial charge on any atom is 0.198 e. The third-order valence-electron chi connectivity index (χ3n) is 5.99. The highest BCUT2D eigenvalue weighted by Crippen LogP contribution is 2.35. The van der Waals surface area contributed by atoms with Crippen LogP contribution in [0.15, 0.2) is 86.8 Å². The van der Waals surface area contributed by atoms with Gasteiger partial charge in [0.15, 0.2) is 22.0 Å². The molecule has 0 bridgehead atoms. The monoisotopic (exact) mass is 433 g/mol. The number of rotatable bonds is 2. The van der Waals surface area contributed by atoms with E-state index in [4.69, 9.17) is 9.15 Å². The van der Waals surface area contributed by atoms with E-state index in [0.29, 0.717) is 39.0 Å². The fourth-order valence-electron chi connectivity index (χ4n) is 4.32. The van der Waals surface area contributed by atoms with Gasteiger partial charge in [0.1, 0.15) is 11.5 Å². The number of hydrogen-bond donors (Lipinski definition) is 1. The second kappa shape index (κ2) is 7.07. The molecule has 0 saturated carbocycles. The van der Waals surface area contributed by atoms with E-state index in [0.717, 1.165) is 16.6 Å². The molecule has 0 amide bonds. The Morgan fingerprint density at radius 2 is 1.39 bits per heavy atom. The van der Waals surface area contributed by atoms with Crippen molar-refractivity contribution in [1.29, 1.82) is 0 Å². The highest BCUT2D eigenvalue weighted by Gasteiger charge is 2.20. The van der Waals surface area contributed by atoms with Gasteiger partial charge in [0.25, 0.3) is 0 Å². The van der Waals surface area contributed by atoms with Crippen LogP contribution in [-0.2, 0) is 0 Å². The lowest BCUT2D eigenvalue weighted by Gasteiger charge is -2.13. The number of aromatic nitrogens is 1. The number of nitrogens with one attached hydrogen (secondary N) is 1. The molecule has 0 aliphatic carbocycles. The van der Waals surface area contributed by atoms with Gasteiger partial charge in [0.05, 0.1) is 21.8 Å². The van der Waals surface area contributed by atoms with Gasteiger partial charge in [-0.2, -0.15) is 0 Å². The van der Waals surface area contributed by atoms with Crippen LogP contribution >= 0.6 is 0 Å². The van der Waals surface area contributed by atoms with Gasteiger partial charge in [-0.15, -0.1) is 0 Å². The summed E-state index contributed by atoms with van der Waals surface area (Å²) in [6.45, 7) is 3.97. The van der Waals surface area contributed by atoms with Gasteiger partial charge in [-0.25, -0.2) is 0 Å². The summed E-state index contributed by atoms with van der Waals surface area (Å²) in [5.74, 6) is 0.861. The molecule has 0 spiro atoms. The van der Waals surface area contributed by atoms with Gasteiger partial charge in [-0.3, -0.25) is 9.59 Å². The molecule has 0 saturated heterocycles. The predicted molar refractivity (Wildman–Crippen MR) is 132 cm³/mol. The molecule has 5 heteroatoms.